The van der Waals surface area contributed by atoms with Crippen LogP contribution in [0.3, 0.4) is 0 Å². The zero-order chi connectivity index (χ0) is 15.1. The highest BCUT2D eigenvalue weighted by molar-refractivity contribution is 8.14. The van der Waals surface area contributed by atoms with Crippen molar-refractivity contribution >= 4 is 22.9 Å². The van der Waals surface area contributed by atoms with Crippen LogP contribution in [0.1, 0.15) is 19.3 Å². The van der Waals surface area contributed by atoms with E-state index in [1.54, 1.807) is 0 Å². The number of ether oxygens (including phenoxy) is 1. The molecule has 0 radical (unpaired) electrons. The highest BCUT2D eigenvalue weighted by Crippen LogP contribution is 2.19. The molecule has 114 valence electrons. The number of imide groups is 1. The zero-order valence-corrected chi connectivity index (χ0v) is 12.7. The number of thioether (sulfide) groups is 1. The average Bonchev–Trinajstić information content (AvgIpc) is 2.82. The summed E-state index contributed by atoms with van der Waals surface area (Å²) in [6.07, 6.45) is 2.48. The number of hydrogen-bond acceptors (Lipinski definition) is 5. The van der Waals surface area contributed by atoms with Gasteiger partial charge in [0.1, 0.15) is 12.4 Å². The van der Waals surface area contributed by atoms with Crippen LogP contribution in [0.5, 0.6) is 5.75 Å². The Hall–Kier alpha value is -1.53. The topological polar surface area (TPSA) is 72.6 Å². The maximum atomic E-state index is 11.4. The van der Waals surface area contributed by atoms with E-state index in [-0.39, 0.29) is 22.9 Å². The fourth-order valence-corrected chi connectivity index (χ4v) is 2.83. The molecular formula is C15H20N2O3S. The van der Waals surface area contributed by atoms with Crippen LogP contribution in [-0.4, -0.2) is 41.0 Å². The summed E-state index contributed by atoms with van der Waals surface area (Å²) in [6.45, 7) is 0.971. The Morgan fingerprint density at radius 2 is 2.00 bits per heavy atom. The Morgan fingerprint density at radius 1 is 1.24 bits per heavy atom. The van der Waals surface area contributed by atoms with Gasteiger partial charge in [-0.05, 0) is 25.0 Å². The Labute approximate surface area is 128 Å². The molecule has 0 aromatic heterocycles. The number of nitrogens with zero attached hydrogens (tertiary/aromatic N) is 1. The van der Waals surface area contributed by atoms with Crippen LogP contribution in [0.2, 0.25) is 0 Å². The van der Waals surface area contributed by atoms with Crippen molar-refractivity contribution in [2.24, 2.45) is 5.73 Å². The summed E-state index contributed by atoms with van der Waals surface area (Å²) in [7, 11) is 0. The van der Waals surface area contributed by atoms with Crippen molar-refractivity contribution in [2.45, 2.75) is 25.3 Å². The molecule has 1 atom stereocenters. The van der Waals surface area contributed by atoms with E-state index in [1.165, 1.54) is 4.90 Å². The number of para-hydroxylation sites is 1. The predicted octanol–water partition coefficient (Wildman–Crippen LogP) is 2.26. The summed E-state index contributed by atoms with van der Waals surface area (Å²) < 4.78 is 5.59. The quantitative estimate of drug-likeness (QED) is 0.746. The van der Waals surface area contributed by atoms with Gasteiger partial charge in [-0.1, -0.05) is 36.4 Å². The highest BCUT2D eigenvalue weighted by Gasteiger charge is 2.28. The largest absolute Gasteiger partial charge is 0.492 e. The molecule has 2 N–H and O–H groups in total. The van der Waals surface area contributed by atoms with Gasteiger partial charge in [-0.3, -0.25) is 14.5 Å². The van der Waals surface area contributed by atoms with Gasteiger partial charge in [0.25, 0.3) is 5.24 Å². The first kappa shape index (κ1) is 15.9. The molecule has 1 heterocycles. The third-order valence-electron chi connectivity index (χ3n) is 3.25. The Balaban J connectivity index is 1.58. The Bertz CT molecular complexity index is 465. The SMILES string of the molecule is NC(CCCCN1C(=O)CSC1=O)COc1ccccc1. The van der Waals surface area contributed by atoms with Gasteiger partial charge in [-0.15, -0.1) is 0 Å². The second-order valence-electron chi connectivity index (χ2n) is 4.98. The maximum Gasteiger partial charge on any atom is 0.288 e. The molecular weight excluding hydrogens is 288 g/mol. The van der Waals surface area contributed by atoms with Crippen molar-refractivity contribution in [2.75, 3.05) is 18.9 Å². The monoisotopic (exact) mass is 308 g/mol. The molecule has 2 rings (SSSR count). The highest BCUT2D eigenvalue weighted by atomic mass is 32.2. The molecule has 0 saturated carbocycles. The number of benzene rings is 1. The van der Waals surface area contributed by atoms with Gasteiger partial charge < -0.3 is 10.5 Å². The van der Waals surface area contributed by atoms with E-state index in [0.29, 0.717) is 13.2 Å². The fraction of sp³-hybridized carbons (Fsp3) is 0.467. The fourth-order valence-electron chi connectivity index (χ4n) is 2.08. The van der Waals surface area contributed by atoms with Gasteiger partial charge in [0.05, 0.1) is 5.75 Å². The van der Waals surface area contributed by atoms with Crippen molar-refractivity contribution in [1.82, 2.24) is 4.90 Å². The van der Waals surface area contributed by atoms with Gasteiger partial charge >= 0.3 is 0 Å². The molecule has 0 aliphatic carbocycles. The van der Waals surface area contributed by atoms with Crippen LogP contribution in [0.4, 0.5) is 4.79 Å². The van der Waals surface area contributed by atoms with Gasteiger partial charge in [0.15, 0.2) is 0 Å². The van der Waals surface area contributed by atoms with Gasteiger partial charge in [0.2, 0.25) is 5.91 Å². The lowest BCUT2D eigenvalue weighted by molar-refractivity contribution is -0.124. The second kappa shape index (κ2) is 8.05. The molecule has 21 heavy (non-hydrogen) atoms. The number of nitrogens with two attached hydrogens (primary N) is 1. The molecule has 1 aliphatic heterocycles. The summed E-state index contributed by atoms with van der Waals surface area (Å²) >= 11 is 1.08. The first-order chi connectivity index (χ1) is 10.2. The Kier molecular flexibility index (Phi) is 6.07. The normalized spacial score (nSPS) is 16.3. The lowest BCUT2D eigenvalue weighted by Crippen LogP contribution is -2.30. The van der Waals surface area contributed by atoms with Crippen LogP contribution in [0.15, 0.2) is 30.3 Å². The van der Waals surface area contributed by atoms with Crippen molar-refractivity contribution < 1.29 is 14.3 Å². The third kappa shape index (κ3) is 5.06. The minimum atomic E-state index is -0.128. The minimum Gasteiger partial charge on any atom is -0.492 e. The molecule has 0 spiro atoms. The van der Waals surface area contributed by atoms with E-state index in [0.717, 1.165) is 36.8 Å². The van der Waals surface area contributed by atoms with E-state index in [4.69, 9.17) is 10.5 Å². The molecule has 1 unspecified atom stereocenters. The number of rotatable bonds is 8. The van der Waals surface area contributed by atoms with Crippen molar-refractivity contribution in [3.8, 4) is 5.75 Å². The van der Waals surface area contributed by atoms with Crippen LogP contribution < -0.4 is 10.5 Å². The smallest absolute Gasteiger partial charge is 0.288 e. The zero-order valence-electron chi connectivity index (χ0n) is 11.9. The standard InChI is InChI=1S/C15H20N2O3S/c16-12(10-20-13-7-2-1-3-8-13)6-4-5-9-17-14(18)11-21-15(17)19/h1-3,7-8,12H,4-6,9-11,16H2. The predicted molar refractivity (Wildman–Crippen MR) is 83.3 cm³/mol. The number of amides is 2. The molecule has 1 aromatic rings. The third-order valence-corrected chi connectivity index (χ3v) is 4.11. The van der Waals surface area contributed by atoms with E-state index in [1.807, 2.05) is 30.3 Å². The lowest BCUT2D eigenvalue weighted by Gasteiger charge is -2.15. The summed E-state index contributed by atoms with van der Waals surface area (Å²) in [6, 6.07) is 9.53. The maximum absolute atomic E-state index is 11.4. The van der Waals surface area contributed by atoms with E-state index in [9.17, 15) is 9.59 Å². The van der Waals surface area contributed by atoms with Crippen molar-refractivity contribution in [3.63, 3.8) is 0 Å². The molecule has 6 heteroatoms. The summed E-state index contributed by atoms with van der Waals surface area (Å²) in [5.41, 5.74) is 5.99. The van der Waals surface area contributed by atoms with Crippen LogP contribution >= 0.6 is 11.8 Å². The molecule has 1 saturated heterocycles. The number of carbonyl (C=O) groups is 2. The van der Waals surface area contributed by atoms with E-state index < -0.39 is 0 Å². The molecule has 5 nitrogen and oxygen atoms in total. The van der Waals surface area contributed by atoms with Crippen LogP contribution in [0, 0.1) is 0 Å². The lowest BCUT2D eigenvalue weighted by atomic mass is 10.1. The first-order valence-corrected chi connectivity index (χ1v) is 8.06. The van der Waals surface area contributed by atoms with Crippen molar-refractivity contribution in [3.05, 3.63) is 30.3 Å². The van der Waals surface area contributed by atoms with E-state index in [2.05, 4.69) is 0 Å². The van der Waals surface area contributed by atoms with Crippen LogP contribution in [0.25, 0.3) is 0 Å². The molecule has 0 bridgehead atoms. The second-order valence-corrected chi connectivity index (χ2v) is 5.91. The summed E-state index contributed by atoms with van der Waals surface area (Å²) in [5, 5.41) is -0.128. The number of carbonyl (C=O) groups excluding carboxylic acids is 2. The summed E-state index contributed by atoms with van der Waals surface area (Å²) in [4.78, 5) is 24.1. The number of unbranched alkanes of at least 4 members (excludes halogenated alkanes) is 1. The molecule has 2 amide bonds. The molecule has 1 aromatic carbocycles. The number of hydrogen-bond donors (Lipinski definition) is 1. The average molecular weight is 308 g/mol. The van der Waals surface area contributed by atoms with Gasteiger partial charge in [-0.2, -0.15) is 0 Å². The van der Waals surface area contributed by atoms with Gasteiger partial charge in [0, 0.05) is 12.6 Å². The Morgan fingerprint density at radius 3 is 2.67 bits per heavy atom. The summed E-state index contributed by atoms with van der Waals surface area (Å²) in [5.74, 6) is 1.02. The van der Waals surface area contributed by atoms with E-state index >= 15 is 0 Å². The first-order valence-electron chi connectivity index (χ1n) is 7.07. The van der Waals surface area contributed by atoms with Gasteiger partial charge in [-0.25, -0.2) is 0 Å². The minimum absolute atomic E-state index is 0.0374. The molecule has 1 aliphatic rings. The van der Waals surface area contributed by atoms with Crippen molar-refractivity contribution in [1.29, 1.82) is 0 Å². The molecule has 1 fully saturated rings. The van der Waals surface area contributed by atoms with Crippen LogP contribution in [-0.2, 0) is 4.79 Å².